The van der Waals surface area contributed by atoms with Crippen LogP contribution in [0.25, 0.3) is 10.4 Å². The Morgan fingerprint density at radius 1 is 1.00 bits per heavy atom. The third-order valence-electron chi connectivity index (χ3n) is 4.16. The summed E-state index contributed by atoms with van der Waals surface area (Å²) in [6, 6.07) is 18.8. The first-order valence-electron chi connectivity index (χ1n) is 7.95. The molecular weight excluding hydrogens is 334 g/mol. The van der Waals surface area contributed by atoms with E-state index in [2.05, 4.69) is 5.32 Å². The number of amides is 1. The second-order valence-corrected chi connectivity index (χ2v) is 6.72. The minimum atomic E-state index is -0.821. The summed E-state index contributed by atoms with van der Waals surface area (Å²) >= 11 is 1.61. The molecule has 2 aromatic carbocycles. The molecule has 1 N–H and O–H groups in total. The number of benzene rings is 2. The molecule has 0 unspecified atom stereocenters. The van der Waals surface area contributed by atoms with Crippen molar-refractivity contribution >= 4 is 28.9 Å². The lowest BCUT2D eigenvalue weighted by Gasteiger charge is -2.24. The van der Waals surface area contributed by atoms with Gasteiger partial charge in [0.05, 0.1) is 5.56 Å². The van der Waals surface area contributed by atoms with Crippen molar-refractivity contribution in [3.05, 3.63) is 77.2 Å². The van der Waals surface area contributed by atoms with Crippen molar-refractivity contribution in [2.75, 3.05) is 5.32 Å². The molecule has 1 atom stereocenters. The minimum absolute atomic E-state index is 0.313. The van der Waals surface area contributed by atoms with Crippen molar-refractivity contribution in [2.45, 2.75) is 12.5 Å². The van der Waals surface area contributed by atoms with Crippen LogP contribution < -0.4 is 5.32 Å². The first-order valence-corrected chi connectivity index (χ1v) is 8.83. The molecule has 0 bridgehead atoms. The highest BCUT2D eigenvalue weighted by Gasteiger charge is 2.31. The summed E-state index contributed by atoms with van der Waals surface area (Å²) in [5.41, 5.74) is 3.04. The standard InChI is InChI=1S/C20H15NO3S/c22-19(17-12-13-6-1-2-7-14(13)20(23)24-17)21-16-9-4-3-8-15(16)18-10-5-11-25-18/h1-11,17H,12H2,(H,21,22)/t17-/m1/s1. The SMILES string of the molecule is O=C1O[C@@H](C(=O)Nc2ccccc2-c2cccs2)Cc2ccccc21. The fourth-order valence-corrected chi connectivity index (χ4v) is 3.70. The molecule has 0 aliphatic carbocycles. The second kappa shape index (κ2) is 6.53. The highest BCUT2D eigenvalue weighted by Crippen LogP contribution is 2.32. The molecule has 1 aliphatic rings. The molecule has 0 saturated heterocycles. The number of nitrogens with one attached hydrogen (secondary N) is 1. The van der Waals surface area contributed by atoms with Crippen LogP contribution in [0.5, 0.6) is 0 Å². The van der Waals surface area contributed by atoms with Crippen LogP contribution in [0, 0.1) is 0 Å². The van der Waals surface area contributed by atoms with Gasteiger partial charge in [0, 0.05) is 22.5 Å². The normalized spacial score (nSPS) is 16.0. The smallest absolute Gasteiger partial charge is 0.339 e. The zero-order valence-electron chi connectivity index (χ0n) is 13.3. The van der Waals surface area contributed by atoms with Crippen molar-refractivity contribution < 1.29 is 14.3 Å². The van der Waals surface area contributed by atoms with Crippen LogP contribution in [-0.2, 0) is 16.0 Å². The second-order valence-electron chi connectivity index (χ2n) is 5.77. The van der Waals surface area contributed by atoms with Crippen LogP contribution in [0.1, 0.15) is 15.9 Å². The molecular formula is C20H15NO3S. The highest BCUT2D eigenvalue weighted by molar-refractivity contribution is 7.13. The number of rotatable bonds is 3. The van der Waals surface area contributed by atoms with Gasteiger partial charge >= 0.3 is 5.97 Å². The number of fused-ring (bicyclic) bond motifs is 1. The summed E-state index contributed by atoms with van der Waals surface area (Å²) in [6.07, 6.45) is -0.437. The van der Waals surface area contributed by atoms with Gasteiger partial charge in [0.25, 0.3) is 5.91 Å². The molecule has 4 rings (SSSR count). The maximum Gasteiger partial charge on any atom is 0.339 e. The summed E-state index contributed by atoms with van der Waals surface area (Å²) in [7, 11) is 0. The van der Waals surface area contributed by atoms with Crippen molar-refractivity contribution in [2.24, 2.45) is 0 Å². The van der Waals surface area contributed by atoms with Gasteiger partial charge in [0.1, 0.15) is 0 Å². The zero-order chi connectivity index (χ0) is 17.2. The van der Waals surface area contributed by atoms with Crippen molar-refractivity contribution in [1.82, 2.24) is 0 Å². The van der Waals surface area contributed by atoms with E-state index >= 15 is 0 Å². The summed E-state index contributed by atoms with van der Waals surface area (Å²) in [5.74, 6) is -0.764. The van der Waals surface area contributed by atoms with E-state index in [0.717, 1.165) is 16.0 Å². The lowest BCUT2D eigenvalue weighted by Crippen LogP contribution is -2.38. The van der Waals surface area contributed by atoms with Crippen molar-refractivity contribution in [3.63, 3.8) is 0 Å². The molecule has 0 saturated carbocycles. The fraction of sp³-hybridized carbons (Fsp3) is 0.100. The summed E-state index contributed by atoms with van der Waals surface area (Å²) in [5, 5.41) is 4.90. The lowest BCUT2D eigenvalue weighted by atomic mass is 9.98. The van der Waals surface area contributed by atoms with Crippen LogP contribution in [0.3, 0.4) is 0 Å². The van der Waals surface area contributed by atoms with Gasteiger partial charge in [-0.25, -0.2) is 4.79 Å². The van der Waals surface area contributed by atoms with E-state index in [0.29, 0.717) is 17.7 Å². The molecule has 2 heterocycles. The zero-order valence-corrected chi connectivity index (χ0v) is 14.1. The first kappa shape index (κ1) is 15.6. The van der Waals surface area contributed by atoms with Crippen molar-refractivity contribution in [3.8, 4) is 10.4 Å². The highest BCUT2D eigenvalue weighted by atomic mass is 32.1. The van der Waals surface area contributed by atoms with Gasteiger partial charge in [-0.05, 0) is 29.1 Å². The lowest BCUT2D eigenvalue weighted by molar-refractivity contribution is -0.125. The summed E-state index contributed by atoms with van der Waals surface area (Å²) in [6.45, 7) is 0. The average molecular weight is 349 g/mol. The molecule has 25 heavy (non-hydrogen) atoms. The molecule has 124 valence electrons. The summed E-state index contributed by atoms with van der Waals surface area (Å²) < 4.78 is 5.33. The number of anilines is 1. The van der Waals surface area contributed by atoms with Crippen LogP contribution >= 0.6 is 11.3 Å². The number of carbonyl (C=O) groups excluding carboxylic acids is 2. The fourth-order valence-electron chi connectivity index (χ4n) is 2.93. The van der Waals surface area contributed by atoms with E-state index in [1.165, 1.54) is 0 Å². The molecule has 1 aliphatic heterocycles. The van der Waals surface area contributed by atoms with E-state index in [4.69, 9.17) is 4.74 Å². The Kier molecular flexibility index (Phi) is 4.07. The first-order chi connectivity index (χ1) is 12.2. The molecule has 1 aromatic heterocycles. The molecule has 3 aromatic rings. The van der Waals surface area contributed by atoms with Gasteiger partial charge in [0.2, 0.25) is 0 Å². The van der Waals surface area contributed by atoms with Gasteiger partial charge in [-0.3, -0.25) is 4.79 Å². The van der Waals surface area contributed by atoms with Crippen LogP contribution in [0.15, 0.2) is 66.0 Å². The Morgan fingerprint density at radius 2 is 1.76 bits per heavy atom. The number of hydrogen-bond acceptors (Lipinski definition) is 4. The number of carbonyl (C=O) groups is 2. The molecule has 4 nitrogen and oxygen atoms in total. The third kappa shape index (κ3) is 3.06. The average Bonchev–Trinajstić information content (AvgIpc) is 3.16. The van der Waals surface area contributed by atoms with Crippen molar-refractivity contribution in [1.29, 1.82) is 0 Å². The Bertz CT molecular complexity index is 934. The minimum Gasteiger partial charge on any atom is -0.448 e. The Labute approximate surface area is 149 Å². The van der Waals surface area contributed by atoms with Gasteiger partial charge in [-0.2, -0.15) is 0 Å². The topological polar surface area (TPSA) is 55.4 Å². The Morgan fingerprint density at radius 3 is 2.56 bits per heavy atom. The van der Waals surface area contributed by atoms with Gasteiger partial charge in [-0.15, -0.1) is 11.3 Å². The van der Waals surface area contributed by atoms with E-state index in [-0.39, 0.29) is 5.91 Å². The molecule has 0 radical (unpaired) electrons. The van der Waals surface area contributed by atoms with E-state index < -0.39 is 12.1 Å². The quantitative estimate of drug-likeness (QED) is 0.723. The predicted octanol–water partition coefficient (Wildman–Crippen LogP) is 4.14. The maximum absolute atomic E-state index is 12.7. The van der Waals surface area contributed by atoms with Gasteiger partial charge in [-0.1, -0.05) is 42.5 Å². The number of para-hydroxylation sites is 1. The van der Waals surface area contributed by atoms with E-state index in [1.54, 1.807) is 23.5 Å². The van der Waals surface area contributed by atoms with Crippen LogP contribution in [0.4, 0.5) is 5.69 Å². The molecule has 0 fully saturated rings. The largest absolute Gasteiger partial charge is 0.448 e. The number of thiophene rings is 1. The van der Waals surface area contributed by atoms with Gasteiger partial charge in [0.15, 0.2) is 6.10 Å². The third-order valence-corrected chi connectivity index (χ3v) is 5.06. The molecule has 1 amide bonds. The Balaban J connectivity index is 1.57. The predicted molar refractivity (Wildman–Crippen MR) is 97.7 cm³/mol. The maximum atomic E-state index is 12.7. The number of esters is 1. The number of ether oxygens (including phenoxy) is 1. The van der Waals surface area contributed by atoms with E-state index in [9.17, 15) is 9.59 Å². The number of hydrogen-bond donors (Lipinski definition) is 1. The Hall–Kier alpha value is -2.92. The number of cyclic esters (lactones) is 1. The monoisotopic (exact) mass is 349 g/mol. The van der Waals surface area contributed by atoms with Crippen LogP contribution in [-0.4, -0.2) is 18.0 Å². The van der Waals surface area contributed by atoms with E-state index in [1.807, 2.05) is 53.9 Å². The summed E-state index contributed by atoms with van der Waals surface area (Å²) in [4.78, 5) is 25.8. The molecule has 0 spiro atoms. The van der Waals surface area contributed by atoms with Gasteiger partial charge < -0.3 is 10.1 Å². The molecule has 5 heteroatoms. The van der Waals surface area contributed by atoms with Crippen LogP contribution in [0.2, 0.25) is 0 Å².